The summed E-state index contributed by atoms with van der Waals surface area (Å²) in [7, 11) is 0. The van der Waals surface area contributed by atoms with Crippen LogP contribution in [0.5, 0.6) is 5.88 Å². The van der Waals surface area contributed by atoms with E-state index in [1.165, 1.54) is 0 Å². The van der Waals surface area contributed by atoms with Crippen LogP contribution in [0.1, 0.15) is 35.8 Å². The van der Waals surface area contributed by atoms with Crippen LogP contribution in [-0.4, -0.2) is 15.7 Å². The molecule has 0 N–H and O–H groups in total. The van der Waals surface area contributed by atoms with Gasteiger partial charge < -0.3 is 4.74 Å². The summed E-state index contributed by atoms with van der Waals surface area (Å²) in [6.45, 7) is 4.07. The van der Waals surface area contributed by atoms with Crippen molar-refractivity contribution in [2.24, 2.45) is 0 Å². The van der Waals surface area contributed by atoms with Gasteiger partial charge in [0.2, 0.25) is 5.88 Å². The number of ether oxygens (including phenoxy) is 1. The van der Waals surface area contributed by atoms with Crippen molar-refractivity contribution in [1.29, 1.82) is 0 Å². The van der Waals surface area contributed by atoms with E-state index in [1.807, 2.05) is 68.4 Å². The Morgan fingerprint density at radius 1 is 0.964 bits per heavy atom. The van der Waals surface area contributed by atoms with Crippen LogP contribution in [0.4, 0.5) is 0 Å². The van der Waals surface area contributed by atoms with Gasteiger partial charge in [-0.3, -0.25) is 0 Å². The molecular weight excluding hydrogens is 372 g/mol. The van der Waals surface area contributed by atoms with Crippen LogP contribution in [0.3, 0.4) is 0 Å². The molecule has 3 aromatic carbocycles. The standard InChI is InChI=1S/C23H19ClN2O2/c1-15(2)20-14-22(26(25-20)21-10-6-5-9-19(21)24)28-23(27)18-12-11-16-7-3-4-8-17(16)13-18/h3-15H,1-2H3. The van der Waals surface area contributed by atoms with Gasteiger partial charge in [0, 0.05) is 6.07 Å². The number of esters is 1. The lowest BCUT2D eigenvalue weighted by atomic mass is 10.1. The molecule has 0 amide bonds. The van der Waals surface area contributed by atoms with Gasteiger partial charge >= 0.3 is 5.97 Å². The average Bonchev–Trinajstić information content (AvgIpc) is 3.12. The predicted molar refractivity (Wildman–Crippen MR) is 112 cm³/mol. The minimum absolute atomic E-state index is 0.182. The lowest BCUT2D eigenvalue weighted by Crippen LogP contribution is -2.12. The lowest BCUT2D eigenvalue weighted by Gasteiger charge is -2.09. The van der Waals surface area contributed by atoms with E-state index in [0.717, 1.165) is 16.5 Å². The van der Waals surface area contributed by atoms with Crippen LogP contribution in [0.2, 0.25) is 5.02 Å². The molecule has 0 radical (unpaired) electrons. The number of aromatic nitrogens is 2. The SMILES string of the molecule is CC(C)c1cc(OC(=O)c2ccc3ccccc3c2)n(-c2ccccc2Cl)n1. The van der Waals surface area contributed by atoms with Crippen LogP contribution in [0, 0.1) is 0 Å². The topological polar surface area (TPSA) is 44.1 Å². The maximum absolute atomic E-state index is 12.8. The summed E-state index contributed by atoms with van der Waals surface area (Å²) >= 11 is 6.34. The largest absolute Gasteiger partial charge is 0.404 e. The van der Waals surface area contributed by atoms with E-state index in [9.17, 15) is 4.79 Å². The smallest absolute Gasteiger partial charge is 0.344 e. The number of nitrogens with zero attached hydrogens (tertiary/aromatic N) is 2. The van der Waals surface area contributed by atoms with Gasteiger partial charge in [0.15, 0.2) is 0 Å². The molecule has 5 heteroatoms. The molecule has 0 bridgehead atoms. The fraction of sp³-hybridized carbons (Fsp3) is 0.130. The molecule has 0 saturated heterocycles. The molecular formula is C23H19ClN2O2. The molecule has 4 nitrogen and oxygen atoms in total. The molecule has 0 aliphatic rings. The van der Waals surface area contributed by atoms with E-state index in [-0.39, 0.29) is 5.92 Å². The Balaban J connectivity index is 1.72. The molecule has 1 heterocycles. The summed E-state index contributed by atoms with van der Waals surface area (Å²) in [4.78, 5) is 12.8. The normalized spacial score (nSPS) is 11.1. The van der Waals surface area contributed by atoms with Gasteiger partial charge in [-0.1, -0.05) is 67.9 Å². The highest BCUT2D eigenvalue weighted by atomic mass is 35.5. The summed E-state index contributed by atoms with van der Waals surface area (Å²) < 4.78 is 7.30. The second-order valence-corrected chi connectivity index (χ2v) is 7.28. The lowest BCUT2D eigenvalue weighted by molar-refractivity contribution is 0.0723. The van der Waals surface area contributed by atoms with Crippen molar-refractivity contribution < 1.29 is 9.53 Å². The van der Waals surface area contributed by atoms with Gasteiger partial charge in [-0.25, -0.2) is 4.79 Å². The average molecular weight is 391 g/mol. The molecule has 140 valence electrons. The summed E-state index contributed by atoms with van der Waals surface area (Å²) in [5.41, 5.74) is 1.97. The van der Waals surface area contributed by atoms with Crippen molar-refractivity contribution >= 4 is 28.3 Å². The van der Waals surface area contributed by atoms with Gasteiger partial charge in [-0.2, -0.15) is 9.78 Å². The second kappa shape index (κ2) is 7.49. The predicted octanol–water partition coefficient (Wildman–Crippen LogP) is 6.02. The number of fused-ring (bicyclic) bond motifs is 1. The van der Waals surface area contributed by atoms with Crippen molar-refractivity contribution in [3.05, 3.63) is 89.1 Å². The van der Waals surface area contributed by atoms with Crippen molar-refractivity contribution in [3.8, 4) is 11.6 Å². The number of halogens is 1. The Hall–Kier alpha value is -3.11. The Morgan fingerprint density at radius 2 is 1.68 bits per heavy atom. The number of hydrogen-bond donors (Lipinski definition) is 0. The van der Waals surface area contributed by atoms with Crippen LogP contribution < -0.4 is 4.74 Å². The zero-order chi connectivity index (χ0) is 19.7. The molecule has 0 unspecified atom stereocenters. The van der Waals surface area contributed by atoms with Crippen molar-refractivity contribution in [2.45, 2.75) is 19.8 Å². The van der Waals surface area contributed by atoms with E-state index in [0.29, 0.717) is 22.2 Å². The Labute approximate surface area is 168 Å². The molecule has 0 aliphatic carbocycles. The monoisotopic (exact) mass is 390 g/mol. The van der Waals surface area contributed by atoms with Crippen LogP contribution in [0.15, 0.2) is 72.8 Å². The third-order valence-corrected chi connectivity index (χ3v) is 4.87. The zero-order valence-electron chi connectivity index (χ0n) is 15.6. The third-order valence-electron chi connectivity index (χ3n) is 4.55. The van der Waals surface area contributed by atoms with Crippen LogP contribution in [0.25, 0.3) is 16.5 Å². The van der Waals surface area contributed by atoms with E-state index in [1.54, 1.807) is 22.9 Å². The van der Waals surface area contributed by atoms with Gasteiger partial charge in [0.25, 0.3) is 0 Å². The minimum atomic E-state index is -0.436. The molecule has 0 atom stereocenters. The first-order chi connectivity index (χ1) is 13.5. The summed E-state index contributed by atoms with van der Waals surface area (Å²) in [6.07, 6.45) is 0. The van der Waals surface area contributed by atoms with E-state index >= 15 is 0 Å². The molecule has 0 fully saturated rings. The van der Waals surface area contributed by atoms with Crippen LogP contribution >= 0.6 is 11.6 Å². The number of carbonyl (C=O) groups excluding carboxylic acids is 1. The maximum Gasteiger partial charge on any atom is 0.344 e. The third kappa shape index (κ3) is 3.51. The van der Waals surface area contributed by atoms with Gasteiger partial charge in [0.1, 0.15) is 0 Å². The first kappa shape index (κ1) is 18.3. The first-order valence-electron chi connectivity index (χ1n) is 9.09. The van der Waals surface area contributed by atoms with Crippen LogP contribution in [-0.2, 0) is 0 Å². The van der Waals surface area contributed by atoms with Crippen molar-refractivity contribution in [3.63, 3.8) is 0 Å². The highest BCUT2D eigenvalue weighted by Crippen LogP contribution is 2.28. The van der Waals surface area contributed by atoms with Crippen molar-refractivity contribution in [1.82, 2.24) is 9.78 Å². The van der Waals surface area contributed by atoms with Gasteiger partial charge in [0.05, 0.1) is 22.0 Å². The fourth-order valence-corrected chi connectivity index (χ4v) is 3.22. The Kier molecular flexibility index (Phi) is 4.88. The highest BCUT2D eigenvalue weighted by Gasteiger charge is 2.19. The van der Waals surface area contributed by atoms with E-state index in [4.69, 9.17) is 16.3 Å². The summed E-state index contributed by atoms with van der Waals surface area (Å²) in [6, 6.07) is 22.5. The van der Waals surface area contributed by atoms with Gasteiger partial charge in [-0.05, 0) is 41.0 Å². The first-order valence-corrected chi connectivity index (χ1v) is 9.46. The number of hydrogen-bond acceptors (Lipinski definition) is 3. The fourth-order valence-electron chi connectivity index (χ4n) is 3.00. The highest BCUT2D eigenvalue weighted by molar-refractivity contribution is 6.32. The molecule has 4 rings (SSSR count). The summed E-state index contributed by atoms with van der Waals surface area (Å²) in [5.74, 6) is 0.0890. The molecule has 4 aromatic rings. The Morgan fingerprint density at radius 3 is 2.43 bits per heavy atom. The molecule has 28 heavy (non-hydrogen) atoms. The number of benzene rings is 3. The number of rotatable bonds is 4. The molecule has 1 aromatic heterocycles. The minimum Gasteiger partial charge on any atom is -0.404 e. The second-order valence-electron chi connectivity index (χ2n) is 6.88. The Bertz CT molecular complexity index is 1160. The zero-order valence-corrected chi connectivity index (χ0v) is 16.4. The van der Waals surface area contributed by atoms with Gasteiger partial charge in [-0.15, -0.1) is 0 Å². The van der Waals surface area contributed by atoms with E-state index in [2.05, 4.69) is 5.10 Å². The molecule has 0 saturated carbocycles. The quantitative estimate of drug-likeness (QED) is 0.400. The molecule has 0 spiro atoms. The summed E-state index contributed by atoms with van der Waals surface area (Å²) in [5, 5.41) is 7.18. The number of para-hydroxylation sites is 1. The van der Waals surface area contributed by atoms with E-state index < -0.39 is 5.97 Å². The molecule has 0 aliphatic heterocycles. The number of carbonyl (C=O) groups is 1. The van der Waals surface area contributed by atoms with Crippen molar-refractivity contribution in [2.75, 3.05) is 0 Å². The maximum atomic E-state index is 12.8.